The first-order valence-electron chi connectivity index (χ1n) is 7.41. The summed E-state index contributed by atoms with van der Waals surface area (Å²) >= 11 is 11.8. The van der Waals surface area contributed by atoms with Gasteiger partial charge in [0.15, 0.2) is 0 Å². The third-order valence-electron chi connectivity index (χ3n) is 3.86. The molecule has 8 nitrogen and oxygen atoms in total. The monoisotopic (exact) mass is 397 g/mol. The van der Waals surface area contributed by atoms with Gasteiger partial charge in [-0.05, 0) is 12.1 Å². The Balaban J connectivity index is 1.74. The number of ketones is 1. The summed E-state index contributed by atoms with van der Waals surface area (Å²) in [6, 6.07) is 4.92. The fourth-order valence-electron chi connectivity index (χ4n) is 2.43. The molecule has 0 saturated carbocycles. The molecule has 2 aromatic rings. The van der Waals surface area contributed by atoms with Crippen LogP contribution in [0, 0.1) is 0 Å². The van der Waals surface area contributed by atoms with Gasteiger partial charge in [-0.3, -0.25) is 18.7 Å². The van der Waals surface area contributed by atoms with Crippen LogP contribution in [0.2, 0.25) is 10.0 Å². The predicted octanol–water partition coefficient (Wildman–Crippen LogP) is 1.54. The van der Waals surface area contributed by atoms with Gasteiger partial charge in [0.25, 0.3) is 5.56 Å². The molecule has 0 saturated heterocycles. The number of hydrogen-bond donors (Lipinski definition) is 0. The van der Waals surface area contributed by atoms with Crippen LogP contribution < -0.4 is 16.0 Å². The van der Waals surface area contributed by atoms with Crippen LogP contribution in [0.15, 0.2) is 32.9 Å². The number of carbonyl (C=O) groups is 1. The zero-order valence-corrected chi connectivity index (χ0v) is 15.2. The lowest BCUT2D eigenvalue weighted by Crippen LogP contribution is -2.39. The van der Waals surface area contributed by atoms with Gasteiger partial charge in [0, 0.05) is 29.7 Å². The molecule has 26 heavy (non-hydrogen) atoms. The van der Waals surface area contributed by atoms with Gasteiger partial charge in [-0.1, -0.05) is 34.4 Å². The minimum Gasteiger partial charge on any atom is -0.460 e. The van der Waals surface area contributed by atoms with Gasteiger partial charge in [-0.15, -0.1) is 0 Å². The molecule has 0 amide bonds. The highest BCUT2D eigenvalue weighted by molar-refractivity contribution is 6.35. The average Bonchev–Trinajstić information content (AvgIpc) is 2.93. The maximum absolute atomic E-state index is 12.4. The third-order valence-corrected chi connectivity index (χ3v) is 4.45. The minimum absolute atomic E-state index is 0.0562. The van der Waals surface area contributed by atoms with Gasteiger partial charge in [-0.2, -0.15) is 0 Å². The molecule has 1 aromatic heterocycles. The Hall–Kier alpha value is -2.58. The average molecular weight is 398 g/mol. The van der Waals surface area contributed by atoms with Crippen LogP contribution in [0.25, 0.3) is 0 Å². The number of Topliss-reactive ketones (excluding diaryl/α,β-unsaturated/α-hetero) is 1. The largest absolute Gasteiger partial charge is 0.460 e. The van der Waals surface area contributed by atoms with Gasteiger partial charge in [0.1, 0.15) is 12.2 Å². The van der Waals surface area contributed by atoms with Gasteiger partial charge >= 0.3 is 5.69 Å². The molecule has 2 heterocycles. The molecule has 0 fully saturated rings. The van der Waals surface area contributed by atoms with E-state index in [-0.39, 0.29) is 18.1 Å². The highest BCUT2D eigenvalue weighted by Crippen LogP contribution is 2.24. The molecule has 0 N–H and O–H groups in total. The Kier molecular flexibility index (Phi) is 4.88. The molecule has 136 valence electrons. The summed E-state index contributed by atoms with van der Waals surface area (Å²) in [7, 11) is 2.70. The van der Waals surface area contributed by atoms with E-state index in [1.54, 1.807) is 18.2 Å². The number of halogens is 2. The molecule has 10 heteroatoms. The number of oxime groups is 1. The summed E-state index contributed by atoms with van der Waals surface area (Å²) in [6.45, 7) is 0.0562. The van der Waals surface area contributed by atoms with Crippen LogP contribution in [0.1, 0.15) is 15.9 Å². The topological polar surface area (TPSA) is 91.9 Å². The maximum Gasteiger partial charge on any atom is 0.333 e. The van der Waals surface area contributed by atoms with E-state index >= 15 is 0 Å². The fourth-order valence-corrected chi connectivity index (χ4v) is 2.90. The summed E-state index contributed by atoms with van der Waals surface area (Å²) in [6.07, 6.45) is -0.0258. The second-order valence-corrected chi connectivity index (χ2v) is 6.40. The van der Waals surface area contributed by atoms with Crippen molar-refractivity contribution in [3.8, 4) is 5.88 Å². The normalized spacial score (nSPS) is 16.0. The van der Waals surface area contributed by atoms with Crippen LogP contribution in [-0.2, 0) is 25.5 Å². The van der Waals surface area contributed by atoms with E-state index in [2.05, 4.69) is 5.16 Å². The number of rotatable bonds is 4. The van der Waals surface area contributed by atoms with Crippen molar-refractivity contribution >= 4 is 35.2 Å². The van der Waals surface area contributed by atoms with Crippen molar-refractivity contribution in [2.24, 2.45) is 19.3 Å². The van der Waals surface area contributed by atoms with Crippen molar-refractivity contribution in [2.75, 3.05) is 0 Å². The van der Waals surface area contributed by atoms with Crippen LogP contribution >= 0.6 is 23.2 Å². The lowest BCUT2D eigenvalue weighted by Gasteiger charge is -2.07. The number of hydrogen-bond acceptors (Lipinski definition) is 6. The number of benzene rings is 1. The van der Waals surface area contributed by atoms with E-state index in [0.717, 1.165) is 15.3 Å². The second-order valence-electron chi connectivity index (χ2n) is 5.55. The molecular formula is C16H13Cl2N3O5. The highest BCUT2D eigenvalue weighted by Gasteiger charge is 2.37. The smallest absolute Gasteiger partial charge is 0.333 e. The zero-order chi connectivity index (χ0) is 19.0. The van der Waals surface area contributed by atoms with E-state index < -0.39 is 23.1 Å². The molecular weight excluding hydrogens is 385 g/mol. The Labute approximate surface area is 157 Å². The van der Waals surface area contributed by atoms with Crippen molar-refractivity contribution in [3.63, 3.8) is 0 Å². The van der Waals surface area contributed by atoms with E-state index in [1.807, 2.05) is 0 Å². The van der Waals surface area contributed by atoms with Crippen molar-refractivity contribution < 1.29 is 14.4 Å². The summed E-state index contributed by atoms with van der Waals surface area (Å²) in [5, 5.41) is 4.61. The highest BCUT2D eigenvalue weighted by atomic mass is 35.5. The number of aromatic nitrogens is 2. The first-order valence-corrected chi connectivity index (χ1v) is 8.17. The first kappa shape index (κ1) is 18.2. The molecule has 1 aromatic carbocycles. The van der Waals surface area contributed by atoms with Gasteiger partial charge in [0.2, 0.25) is 17.8 Å². The summed E-state index contributed by atoms with van der Waals surface area (Å²) in [5.41, 5.74) is -0.830. The molecule has 0 bridgehead atoms. The van der Waals surface area contributed by atoms with Gasteiger partial charge in [0.05, 0.1) is 6.21 Å². The van der Waals surface area contributed by atoms with E-state index in [9.17, 15) is 14.4 Å². The summed E-state index contributed by atoms with van der Waals surface area (Å²) in [5.74, 6) is -0.673. The van der Waals surface area contributed by atoms with Gasteiger partial charge in [-0.25, -0.2) is 4.79 Å². The minimum atomic E-state index is -1.15. The Morgan fingerprint density at radius 2 is 1.96 bits per heavy atom. The Morgan fingerprint density at radius 1 is 1.23 bits per heavy atom. The molecule has 1 unspecified atom stereocenters. The number of ether oxygens (including phenoxy) is 1. The number of carbonyl (C=O) groups excluding carboxylic acids is 1. The standard InChI is InChI=1S/C16H13Cl2N3O5/c1-20-14(23)12-13(22)11(26-15(12)21(2)16(20)24)6-19-25-7-8-3-4-9(17)5-10(8)18/h3-6,11H,7H2,1-2H3. The van der Waals surface area contributed by atoms with Crippen molar-refractivity contribution in [1.29, 1.82) is 0 Å². The second kappa shape index (κ2) is 6.97. The van der Waals surface area contributed by atoms with Crippen LogP contribution in [0.4, 0.5) is 0 Å². The summed E-state index contributed by atoms with van der Waals surface area (Å²) in [4.78, 5) is 41.5. The molecule has 1 atom stereocenters. The SMILES string of the molecule is Cn1c2c(c(=O)n(C)c1=O)C(=O)C(C=NOCc1ccc(Cl)cc1Cl)O2. The Bertz CT molecular complexity index is 1040. The van der Waals surface area contributed by atoms with Crippen molar-refractivity contribution in [1.82, 2.24) is 9.13 Å². The number of fused-ring (bicyclic) bond motifs is 1. The molecule has 3 rings (SSSR count). The van der Waals surface area contributed by atoms with E-state index in [1.165, 1.54) is 14.1 Å². The van der Waals surface area contributed by atoms with Gasteiger partial charge < -0.3 is 9.57 Å². The Morgan fingerprint density at radius 3 is 2.65 bits per heavy atom. The predicted molar refractivity (Wildman–Crippen MR) is 95.4 cm³/mol. The lowest BCUT2D eigenvalue weighted by molar-refractivity contribution is 0.0907. The lowest BCUT2D eigenvalue weighted by atomic mass is 10.1. The molecule has 1 aliphatic rings. The first-order chi connectivity index (χ1) is 12.3. The van der Waals surface area contributed by atoms with Crippen LogP contribution in [-0.4, -0.2) is 27.2 Å². The fraction of sp³-hybridized carbons (Fsp3) is 0.250. The third kappa shape index (κ3) is 3.13. The summed E-state index contributed by atoms with van der Waals surface area (Å²) < 4.78 is 7.33. The molecule has 0 spiro atoms. The van der Waals surface area contributed by atoms with Crippen LogP contribution in [0.3, 0.4) is 0 Å². The maximum atomic E-state index is 12.4. The molecule has 1 aliphatic heterocycles. The van der Waals surface area contributed by atoms with Crippen molar-refractivity contribution in [2.45, 2.75) is 12.7 Å². The van der Waals surface area contributed by atoms with E-state index in [0.29, 0.717) is 15.6 Å². The number of nitrogens with zero attached hydrogens (tertiary/aromatic N) is 3. The quantitative estimate of drug-likeness (QED) is 0.576. The van der Waals surface area contributed by atoms with Crippen molar-refractivity contribution in [3.05, 3.63) is 60.2 Å². The van der Waals surface area contributed by atoms with E-state index in [4.69, 9.17) is 32.8 Å². The molecule has 0 radical (unpaired) electrons. The zero-order valence-electron chi connectivity index (χ0n) is 13.7. The molecule has 0 aliphatic carbocycles. The van der Waals surface area contributed by atoms with Crippen LogP contribution in [0.5, 0.6) is 5.88 Å².